The fraction of sp³-hybridized carbons (Fsp3) is 0.875. The van der Waals surface area contributed by atoms with Gasteiger partial charge >= 0.3 is 5.97 Å². The first kappa shape index (κ1) is 9.45. The van der Waals surface area contributed by atoms with Gasteiger partial charge in [-0.05, 0) is 31.7 Å². The molecule has 3 nitrogen and oxygen atoms in total. The smallest absolute Gasteiger partial charge is 0.320 e. The van der Waals surface area contributed by atoms with Gasteiger partial charge in [0.2, 0.25) is 0 Å². The zero-order valence-corrected chi connectivity index (χ0v) is 6.92. The summed E-state index contributed by atoms with van der Waals surface area (Å²) in [5, 5.41) is 11.6. The second-order valence-corrected chi connectivity index (χ2v) is 3.15. The molecule has 0 saturated heterocycles. The van der Waals surface area contributed by atoms with E-state index < -0.39 is 12.0 Å². The van der Waals surface area contributed by atoms with Gasteiger partial charge in [0.1, 0.15) is 6.04 Å². The Balaban J connectivity index is 2.19. The maximum Gasteiger partial charge on any atom is 0.320 e. The van der Waals surface area contributed by atoms with Crippen molar-refractivity contribution in [1.82, 2.24) is 5.32 Å². The van der Waals surface area contributed by atoms with E-state index in [0.717, 1.165) is 12.8 Å². The van der Waals surface area contributed by atoms with Crippen molar-refractivity contribution in [2.45, 2.75) is 25.3 Å². The quantitative estimate of drug-likeness (QED) is 0.587. The van der Waals surface area contributed by atoms with E-state index in [0.29, 0.717) is 13.0 Å². The van der Waals surface area contributed by atoms with Gasteiger partial charge in [-0.25, -0.2) is 0 Å². The van der Waals surface area contributed by atoms with Gasteiger partial charge in [0.15, 0.2) is 0 Å². The molecule has 1 rings (SSSR count). The summed E-state index contributed by atoms with van der Waals surface area (Å²) in [7, 11) is 0. The van der Waals surface area contributed by atoms with Gasteiger partial charge in [-0.15, -0.1) is 0 Å². The third kappa shape index (κ3) is 2.77. The third-order valence-electron chi connectivity index (χ3n) is 2.03. The van der Waals surface area contributed by atoms with Crippen LogP contribution in [0.5, 0.6) is 0 Å². The molecule has 0 aromatic heterocycles. The van der Waals surface area contributed by atoms with Crippen LogP contribution in [0.4, 0.5) is 4.39 Å². The van der Waals surface area contributed by atoms with Crippen LogP contribution in [-0.2, 0) is 4.79 Å². The lowest BCUT2D eigenvalue weighted by atomic mass is 10.2. The first-order chi connectivity index (χ1) is 5.75. The van der Waals surface area contributed by atoms with E-state index in [1.165, 1.54) is 0 Å². The second kappa shape index (κ2) is 4.40. The van der Waals surface area contributed by atoms with Gasteiger partial charge in [-0.3, -0.25) is 9.18 Å². The summed E-state index contributed by atoms with van der Waals surface area (Å²) >= 11 is 0. The number of aliphatic carboxylic acids is 1. The molecule has 1 aliphatic rings. The van der Waals surface area contributed by atoms with Crippen LogP contribution in [0, 0.1) is 5.92 Å². The van der Waals surface area contributed by atoms with Crippen molar-refractivity contribution in [3.8, 4) is 0 Å². The SMILES string of the molecule is O=C(O)C(NCCCF)C1CC1. The van der Waals surface area contributed by atoms with Gasteiger partial charge in [0.25, 0.3) is 0 Å². The third-order valence-corrected chi connectivity index (χ3v) is 2.03. The van der Waals surface area contributed by atoms with Crippen molar-refractivity contribution < 1.29 is 14.3 Å². The number of carbonyl (C=O) groups is 1. The number of halogens is 1. The average Bonchev–Trinajstić information content (AvgIpc) is 2.80. The molecule has 0 heterocycles. The molecule has 1 aliphatic carbocycles. The average molecular weight is 175 g/mol. The molecule has 2 N–H and O–H groups in total. The predicted molar refractivity (Wildman–Crippen MR) is 42.7 cm³/mol. The lowest BCUT2D eigenvalue weighted by molar-refractivity contribution is -0.140. The standard InChI is InChI=1S/C8H14FNO2/c9-4-1-5-10-7(8(11)12)6-2-3-6/h6-7,10H,1-5H2,(H,11,12). The summed E-state index contributed by atoms with van der Waals surface area (Å²) < 4.78 is 11.7. The predicted octanol–water partition coefficient (Wildman–Crippen LogP) is 0.799. The van der Waals surface area contributed by atoms with Crippen LogP contribution in [0.1, 0.15) is 19.3 Å². The monoisotopic (exact) mass is 175 g/mol. The van der Waals surface area contributed by atoms with E-state index in [1.54, 1.807) is 0 Å². The highest BCUT2D eigenvalue weighted by atomic mass is 19.1. The van der Waals surface area contributed by atoms with E-state index >= 15 is 0 Å². The van der Waals surface area contributed by atoms with E-state index in [-0.39, 0.29) is 12.6 Å². The summed E-state index contributed by atoms with van der Waals surface area (Å²) in [6, 6.07) is -0.448. The molecule has 1 fully saturated rings. The number of carboxylic acid groups (broad SMARTS) is 1. The van der Waals surface area contributed by atoms with Crippen LogP contribution in [-0.4, -0.2) is 30.3 Å². The van der Waals surface area contributed by atoms with Crippen LogP contribution < -0.4 is 5.32 Å². The Morgan fingerprint density at radius 2 is 2.33 bits per heavy atom. The lowest BCUT2D eigenvalue weighted by Gasteiger charge is -2.11. The minimum Gasteiger partial charge on any atom is -0.480 e. The zero-order chi connectivity index (χ0) is 8.97. The maximum absolute atomic E-state index is 11.7. The number of carboxylic acids is 1. The van der Waals surface area contributed by atoms with Gasteiger partial charge in [0, 0.05) is 0 Å². The van der Waals surface area contributed by atoms with Crippen molar-refractivity contribution in [3.63, 3.8) is 0 Å². The molecule has 12 heavy (non-hydrogen) atoms. The molecular weight excluding hydrogens is 161 g/mol. The first-order valence-corrected chi connectivity index (χ1v) is 4.28. The normalized spacial score (nSPS) is 19.1. The number of hydrogen-bond donors (Lipinski definition) is 2. The van der Waals surface area contributed by atoms with E-state index in [1.807, 2.05) is 0 Å². The molecule has 0 amide bonds. The van der Waals surface area contributed by atoms with Gasteiger partial charge in [-0.2, -0.15) is 0 Å². The Bertz CT molecular complexity index is 159. The summed E-state index contributed by atoms with van der Waals surface area (Å²) in [4.78, 5) is 10.6. The summed E-state index contributed by atoms with van der Waals surface area (Å²) in [5.74, 6) is -0.529. The van der Waals surface area contributed by atoms with Gasteiger partial charge in [-0.1, -0.05) is 0 Å². The maximum atomic E-state index is 11.7. The van der Waals surface area contributed by atoms with Crippen LogP contribution in [0.3, 0.4) is 0 Å². The van der Waals surface area contributed by atoms with Crippen molar-refractivity contribution in [2.75, 3.05) is 13.2 Å². The zero-order valence-electron chi connectivity index (χ0n) is 6.92. The Kier molecular flexibility index (Phi) is 3.47. The first-order valence-electron chi connectivity index (χ1n) is 4.28. The highest BCUT2D eigenvalue weighted by Gasteiger charge is 2.35. The number of nitrogens with one attached hydrogen (secondary N) is 1. The molecule has 0 radical (unpaired) electrons. The summed E-state index contributed by atoms with van der Waals surface area (Å²) in [6.07, 6.45) is 2.37. The summed E-state index contributed by atoms with van der Waals surface area (Å²) in [6.45, 7) is 0.0774. The molecule has 0 aromatic carbocycles. The molecule has 0 bridgehead atoms. The number of rotatable bonds is 6. The minimum absolute atomic E-state index is 0.280. The molecular formula is C8H14FNO2. The molecule has 4 heteroatoms. The lowest BCUT2D eigenvalue weighted by Crippen LogP contribution is -2.39. The van der Waals surface area contributed by atoms with Crippen molar-refractivity contribution in [1.29, 1.82) is 0 Å². The van der Waals surface area contributed by atoms with Crippen molar-refractivity contribution >= 4 is 5.97 Å². The van der Waals surface area contributed by atoms with Crippen LogP contribution >= 0.6 is 0 Å². The number of hydrogen-bond acceptors (Lipinski definition) is 2. The molecule has 0 spiro atoms. The number of alkyl halides is 1. The molecule has 1 unspecified atom stereocenters. The Morgan fingerprint density at radius 3 is 2.75 bits per heavy atom. The molecule has 1 atom stereocenters. The van der Waals surface area contributed by atoms with E-state index in [4.69, 9.17) is 5.11 Å². The van der Waals surface area contributed by atoms with Crippen LogP contribution in [0.15, 0.2) is 0 Å². The van der Waals surface area contributed by atoms with Crippen LogP contribution in [0.2, 0.25) is 0 Å². The largest absolute Gasteiger partial charge is 0.480 e. The molecule has 1 saturated carbocycles. The van der Waals surface area contributed by atoms with Crippen molar-refractivity contribution in [2.24, 2.45) is 5.92 Å². The highest BCUT2D eigenvalue weighted by Crippen LogP contribution is 2.32. The Morgan fingerprint density at radius 1 is 1.67 bits per heavy atom. The summed E-state index contributed by atoms with van der Waals surface area (Å²) in [5.41, 5.74) is 0. The Hall–Kier alpha value is -0.640. The van der Waals surface area contributed by atoms with Crippen molar-refractivity contribution in [3.05, 3.63) is 0 Å². The molecule has 70 valence electrons. The second-order valence-electron chi connectivity index (χ2n) is 3.15. The fourth-order valence-corrected chi connectivity index (χ4v) is 1.21. The fourth-order valence-electron chi connectivity index (χ4n) is 1.21. The van der Waals surface area contributed by atoms with Gasteiger partial charge in [0.05, 0.1) is 6.67 Å². The van der Waals surface area contributed by atoms with Crippen LogP contribution in [0.25, 0.3) is 0 Å². The Labute approximate surface area is 71.0 Å². The highest BCUT2D eigenvalue weighted by molar-refractivity contribution is 5.74. The van der Waals surface area contributed by atoms with E-state index in [2.05, 4.69) is 5.32 Å². The minimum atomic E-state index is -0.809. The van der Waals surface area contributed by atoms with E-state index in [9.17, 15) is 9.18 Å². The topological polar surface area (TPSA) is 49.3 Å². The molecule has 0 aromatic rings. The molecule has 0 aliphatic heterocycles. The van der Waals surface area contributed by atoms with Gasteiger partial charge < -0.3 is 10.4 Å².